The fraction of sp³-hybridized carbons (Fsp3) is 0.583. The Balaban J connectivity index is 0. The van der Waals surface area contributed by atoms with Crippen LogP contribution in [0.15, 0.2) is 72.9 Å². The molecule has 0 heterocycles. The maximum absolute atomic E-state index is 12.4. The topological polar surface area (TPSA) is 81.7 Å². The molecule has 0 aromatic rings. The maximum atomic E-state index is 12.4. The molecular weight excluding hydrogens is 526 g/mol. The van der Waals surface area contributed by atoms with Crippen molar-refractivity contribution in [3.63, 3.8) is 0 Å². The van der Waals surface area contributed by atoms with Gasteiger partial charge in [-0.2, -0.15) is 0 Å². The summed E-state index contributed by atoms with van der Waals surface area (Å²) in [6, 6.07) is 0. The lowest BCUT2D eigenvalue weighted by molar-refractivity contribution is -0.154. The minimum absolute atomic E-state index is 0.00172. The van der Waals surface area contributed by atoms with Crippen molar-refractivity contribution in [1.82, 2.24) is 5.32 Å². The first kappa shape index (κ1) is 41.1. The molecule has 1 amide bonds. The molecule has 1 N–H and O–H groups in total. The number of carbonyl (C=O) groups is 3. The first-order chi connectivity index (χ1) is 20.2. The first-order valence-corrected chi connectivity index (χ1v) is 15.5. The number of rotatable bonds is 22. The number of esters is 1. The Bertz CT molecular complexity index is 875. The second-order valence-electron chi connectivity index (χ2n) is 10.6. The summed E-state index contributed by atoms with van der Waals surface area (Å²) in [5.74, 6) is -0.682. The lowest BCUT2D eigenvalue weighted by atomic mass is 9.86. The molecule has 0 radical (unpaired) electrons. The van der Waals surface area contributed by atoms with Crippen LogP contribution in [0.25, 0.3) is 0 Å². The first-order valence-electron chi connectivity index (χ1n) is 15.5. The molecule has 0 aliphatic rings. The minimum atomic E-state index is -0.798. The van der Waals surface area contributed by atoms with E-state index in [1.165, 1.54) is 26.9 Å². The monoisotopic (exact) mass is 585 g/mol. The van der Waals surface area contributed by atoms with Crippen molar-refractivity contribution in [2.45, 2.75) is 112 Å². The Morgan fingerprint density at radius 3 is 1.52 bits per heavy atom. The number of carbonyl (C=O) groups excluding carboxylic acids is 3. The van der Waals surface area contributed by atoms with E-state index in [0.717, 1.165) is 38.5 Å². The number of hydrogen-bond acceptors (Lipinski definition) is 5. The van der Waals surface area contributed by atoms with Gasteiger partial charge in [0.15, 0.2) is 0 Å². The molecule has 0 saturated carbocycles. The van der Waals surface area contributed by atoms with Crippen molar-refractivity contribution < 1.29 is 23.9 Å². The Hall–Kier alpha value is -2.99. The van der Waals surface area contributed by atoms with Gasteiger partial charge in [-0.1, -0.05) is 120 Å². The molecule has 42 heavy (non-hydrogen) atoms. The van der Waals surface area contributed by atoms with Crippen LogP contribution in [0.3, 0.4) is 0 Å². The molecule has 6 heteroatoms. The minimum Gasteiger partial charge on any atom is -0.465 e. The highest BCUT2D eigenvalue weighted by atomic mass is 16.5. The molecule has 0 aromatic heterocycles. The second-order valence-corrected chi connectivity index (χ2v) is 10.6. The molecular formula is C36H59NO5. The molecule has 0 aliphatic carbocycles. The predicted molar refractivity (Wildman–Crippen MR) is 177 cm³/mol. The van der Waals surface area contributed by atoms with Crippen molar-refractivity contribution >= 4 is 17.7 Å². The predicted octanol–water partition coefficient (Wildman–Crippen LogP) is 8.56. The van der Waals surface area contributed by atoms with Gasteiger partial charge in [0, 0.05) is 25.5 Å². The number of unbranched alkanes of at least 4 members (excludes halogenated alkanes) is 1. The third-order valence-electron chi connectivity index (χ3n) is 5.95. The van der Waals surface area contributed by atoms with E-state index in [1.807, 2.05) is 6.08 Å². The summed E-state index contributed by atoms with van der Waals surface area (Å²) in [6.45, 7) is 11.9. The molecule has 0 unspecified atom stereocenters. The summed E-state index contributed by atoms with van der Waals surface area (Å²) in [5, 5.41) is 2.69. The number of ether oxygens (including phenoxy) is 2. The lowest BCUT2D eigenvalue weighted by Gasteiger charge is -2.31. The van der Waals surface area contributed by atoms with Crippen LogP contribution in [0.4, 0.5) is 0 Å². The van der Waals surface area contributed by atoms with Crippen molar-refractivity contribution in [3.05, 3.63) is 72.9 Å². The van der Waals surface area contributed by atoms with Crippen molar-refractivity contribution in [3.8, 4) is 0 Å². The Morgan fingerprint density at radius 1 is 0.714 bits per heavy atom. The van der Waals surface area contributed by atoms with Crippen LogP contribution in [0.1, 0.15) is 106 Å². The van der Waals surface area contributed by atoms with Gasteiger partial charge in [-0.25, -0.2) is 0 Å². The van der Waals surface area contributed by atoms with Gasteiger partial charge in [-0.3, -0.25) is 14.4 Å². The van der Waals surface area contributed by atoms with Crippen LogP contribution in [-0.2, 0) is 23.9 Å². The number of amides is 1. The summed E-state index contributed by atoms with van der Waals surface area (Å²) in [5.41, 5.74) is -0.719. The van der Waals surface area contributed by atoms with Crippen LogP contribution >= 0.6 is 0 Å². The highest BCUT2D eigenvalue weighted by Crippen LogP contribution is 2.24. The summed E-state index contributed by atoms with van der Waals surface area (Å²) >= 11 is 0. The van der Waals surface area contributed by atoms with Crippen LogP contribution in [-0.4, -0.2) is 44.0 Å². The zero-order valence-electron chi connectivity index (χ0n) is 27.5. The summed E-state index contributed by atoms with van der Waals surface area (Å²) in [4.78, 5) is 35.5. The van der Waals surface area contributed by atoms with Gasteiger partial charge < -0.3 is 14.8 Å². The number of hydrogen-bond donors (Lipinski definition) is 1. The molecule has 0 fully saturated rings. The van der Waals surface area contributed by atoms with Crippen LogP contribution in [0.2, 0.25) is 0 Å². The third-order valence-corrected chi connectivity index (χ3v) is 5.95. The van der Waals surface area contributed by atoms with Crippen LogP contribution < -0.4 is 5.32 Å². The Labute approximate surface area is 257 Å². The highest BCUT2D eigenvalue weighted by Gasteiger charge is 2.36. The fourth-order valence-corrected chi connectivity index (χ4v) is 3.34. The number of ketones is 1. The van der Waals surface area contributed by atoms with Crippen molar-refractivity contribution in [1.29, 1.82) is 0 Å². The van der Waals surface area contributed by atoms with Crippen LogP contribution in [0.5, 0.6) is 0 Å². The van der Waals surface area contributed by atoms with Gasteiger partial charge in [0.05, 0.1) is 13.0 Å². The molecule has 0 bridgehead atoms. The molecule has 1 atom stereocenters. The molecule has 0 spiro atoms. The Kier molecular flexibility index (Phi) is 28.9. The Morgan fingerprint density at radius 2 is 1.14 bits per heavy atom. The quantitative estimate of drug-likeness (QED) is 0.102. The van der Waals surface area contributed by atoms with E-state index >= 15 is 0 Å². The van der Waals surface area contributed by atoms with Gasteiger partial charge in [-0.15, -0.1) is 0 Å². The van der Waals surface area contributed by atoms with Gasteiger partial charge in [-0.05, 0) is 45.4 Å². The van der Waals surface area contributed by atoms with E-state index in [4.69, 9.17) is 9.47 Å². The maximum Gasteiger partial charge on any atom is 0.309 e. The largest absolute Gasteiger partial charge is 0.465 e. The van der Waals surface area contributed by atoms with E-state index in [9.17, 15) is 14.4 Å². The lowest BCUT2D eigenvalue weighted by Crippen LogP contribution is -2.47. The zero-order chi connectivity index (χ0) is 31.9. The standard InChI is InChI=1S/C32H49NO5.C4H10/c1-6-7-8-9-10-11-12-13-14-15-16-17-18-19-20-21-22-23-24-29(35)38-27-32(3,4)30(37-5)31(36)33-26-25-28(2)34;1-3-4-2/h7-8,10-11,13-14,16-17,19-20,22-23,30H,6,9,12,15,18,21,24-27H2,1-5H3,(H,33,36);3-4H2,1-2H3/b8-7-,11-10-,14-13-,17-16-,20-19-,23-22-;/t30-;/m0./s1. The average Bonchev–Trinajstić information content (AvgIpc) is 2.95. The van der Waals surface area contributed by atoms with E-state index in [1.54, 1.807) is 19.9 Å². The van der Waals surface area contributed by atoms with Gasteiger partial charge in [0.1, 0.15) is 11.9 Å². The van der Waals surface area contributed by atoms with Crippen molar-refractivity contribution in [2.75, 3.05) is 20.3 Å². The average molecular weight is 586 g/mol. The molecule has 0 aromatic carbocycles. The smallest absolute Gasteiger partial charge is 0.309 e. The van der Waals surface area contributed by atoms with E-state index in [2.05, 4.69) is 86.8 Å². The van der Waals surface area contributed by atoms with Crippen LogP contribution in [0, 0.1) is 5.41 Å². The SMILES string of the molecule is CC/C=C\C/C=C\C/C=C\C/C=C\C/C=C\C/C=C\CC(=O)OCC(C)(C)[C@@H](OC)C(=O)NCCC(C)=O.CCCC. The molecule has 6 nitrogen and oxygen atoms in total. The third kappa shape index (κ3) is 27.2. The number of allylic oxidation sites excluding steroid dienone is 11. The van der Waals surface area contributed by atoms with Gasteiger partial charge in [0.25, 0.3) is 0 Å². The van der Waals surface area contributed by atoms with E-state index in [0.29, 0.717) is 0 Å². The summed E-state index contributed by atoms with van der Waals surface area (Å²) in [6.07, 6.45) is 33.2. The highest BCUT2D eigenvalue weighted by molar-refractivity contribution is 5.82. The van der Waals surface area contributed by atoms with Crippen molar-refractivity contribution in [2.24, 2.45) is 5.41 Å². The second kappa shape index (κ2) is 29.5. The van der Waals surface area contributed by atoms with Gasteiger partial charge >= 0.3 is 5.97 Å². The fourth-order valence-electron chi connectivity index (χ4n) is 3.34. The molecule has 0 aliphatic heterocycles. The van der Waals surface area contributed by atoms with E-state index < -0.39 is 11.5 Å². The molecule has 238 valence electrons. The number of nitrogens with one attached hydrogen (secondary N) is 1. The number of Topliss-reactive ketones (excluding diaryl/α,β-unsaturated/α-hetero) is 1. The summed E-state index contributed by atoms with van der Waals surface area (Å²) < 4.78 is 10.7. The number of methoxy groups -OCH3 is 1. The summed E-state index contributed by atoms with van der Waals surface area (Å²) in [7, 11) is 1.44. The van der Waals surface area contributed by atoms with E-state index in [-0.39, 0.29) is 43.7 Å². The molecule has 0 rings (SSSR count). The normalized spacial score (nSPS) is 13.0. The zero-order valence-corrected chi connectivity index (χ0v) is 27.5. The molecule has 0 saturated heterocycles. The van der Waals surface area contributed by atoms with Gasteiger partial charge in [0.2, 0.25) is 5.91 Å².